The lowest BCUT2D eigenvalue weighted by Crippen LogP contribution is -2.00. The van der Waals surface area contributed by atoms with Crippen LogP contribution in [-0.2, 0) is 0 Å². The van der Waals surface area contributed by atoms with E-state index in [1.54, 1.807) is 11.3 Å². The molecule has 0 aliphatic heterocycles. The normalized spacial score (nSPS) is 11.5. The second kappa shape index (κ2) is 12.1. The highest BCUT2D eigenvalue weighted by atomic mass is 32.1. The Balaban J connectivity index is 1.17. The minimum Gasteiger partial charge on any atom is -0.228 e. The third-order valence-corrected chi connectivity index (χ3v) is 10.5. The summed E-state index contributed by atoms with van der Waals surface area (Å²) in [6.07, 6.45) is 0. The van der Waals surface area contributed by atoms with Crippen LogP contribution in [0.4, 0.5) is 0 Å². The highest BCUT2D eigenvalue weighted by Gasteiger charge is 2.18. The fraction of sp³-hybridized carbons (Fsp3) is 0. The Kier molecular flexibility index (Phi) is 6.93. The van der Waals surface area contributed by atoms with Crippen LogP contribution in [0.5, 0.6) is 0 Å². The van der Waals surface area contributed by atoms with E-state index in [1.807, 2.05) is 66.7 Å². The second-order valence-electron chi connectivity index (χ2n) is 12.5. The van der Waals surface area contributed by atoms with Gasteiger partial charge < -0.3 is 0 Å². The first-order chi connectivity index (χ1) is 25.2. The summed E-state index contributed by atoms with van der Waals surface area (Å²) < 4.78 is 2.34. The number of fused-ring (bicyclic) bond motifs is 5. The molecule has 0 bridgehead atoms. The lowest BCUT2D eigenvalue weighted by atomic mass is 10.0. The first-order valence-corrected chi connectivity index (χ1v) is 17.7. The summed E-state index contributed by atoms with van der Waals surface area (Å²) in [6.45, 7) is 0. The average molecular weight is 670 g/mol. The zero-order chi connectivity index (χ0) is 33.7. The molecule has 0 fully saturated rings. The molecule has 51 heavy (non-hydrogen) atoms. The van der Waals surface area contributed by atoms with Crippen molar-refractivity contribution in [2.75, 3.05) is 0 Å². The van der Waals surface area contributed by atoms with Crippen molar-refractivity contribution in [3.63, 3.8) is 0 Å². The van der Waals surface area contributed by atoms with Crippen LogP contribution >= 0.6 is 11.3 Å². The number of rotatable bonds is 5. The Hall–Kier alpha value is -6.63. The zero-order valence-corrected chi connectivity index (χ0v) is 28.0. The SMILES string of the molecule is c1ccc(-c2nc(-c3ccccc3)nc(-c3cccc4sc5ccc(-c6nc(-c7ccc8ccccc8c7)c7ccccc7n6)cc5c34)n2)cc1. The van der Waals surface area contributed by atoms with E-state index in [0.29, 0.717) is 23.3 Å². The maximum Gasteiger partial charge on any atom is 0.164 e. The molecule has 7 aromatic carbocycles. The molecule has 10 rings (SSSR count). The van der Waals surface area contributed by atoms with Gasteiger partial charge in [0.1, 0.15) is 0 Å². The van der Waals surface area contributed by atoms with Crippen LogP contribution < -0.4 is 0 Å². The average Bonchev–Trinajstić information content (AvgIpc) is 3.59. The third kappa shape index (κ3) is 5.21. The number of hydrogen-bond acceptors (Lipinski definition) is 6. The van der Waals surface area contributed by atoms with Gasteiger partial charge in [-0.05, 0) is 47.2 Å². The molecular formula is C45H27N5S. The molecule has 6 heteroatoms. The fourth-order valence-corrected chi connectivity index (χ4v) is 7.96. The Morgan fingerprint density at radius 2 is 1.00 bits per heavy atom. The molecule has 0 unspecified atom stereocenters. The van der Waals surface area contributed by atoms with E-state index >= 15 is 0 Å². The van der Waals surface area contributed by atoms with Crippen molar-refractivity contribution in [2.45, 2.75) is 0 Å². The monoisotopic (exact) mass is 669 g/mol. The van der Waals surface area contributed by atoms with E-state index in [-0.39, 0.29) is 0 Å². The van der Waals surface area contributed by atoms with Crippen molar-refractivity contribution < 1.29 is 0 Å². The zero-order valence-electron chi connectivity index (χ0n) is 27.2. The predicted octanol–water partition coefficient (Wildman–Crippen LogP) is 11.7. The van der Waals surface area contributed by atoms with Gasteiger partial charge >= 0.3 is 0 Å². The van der Waals surface area contributed by atoms with Gasteiger partial charge in [0.05, 0.1) is 11.2 Å². The Morgan fingerprint density at radius 1 is 0.353 bits per heavy atom. The molecular weight excluding hydrogens is 643 g/mol. The molecule has 0 aliphatic carbocycles. The van der Waals surface area contributed by atoms with Gasteiger partial charge in [-0.1, -0.05) is 127 Å². The summed E-state index contributed by atoms with van der Waals surface area (Å²) in [6, 6.07) is 56.4. The highest BCUT2D eigenvalue weighted by Crippen LogP contribution is 2.41. The van der Waals surface area contributed by atoms with E-state index in [1.165, 1.54) is 20.2 Å². The summed E-state index contributed by atoms with van der Waals surface area (Å²) in [5, 5.41) is 5.64. The minimum absolute atomic E-state index is 0.638. The number of para-hydroxylation sites is 1. The minimum atomic E-state index is 0.638. The molecule has 238 valence electrons. The van der Waals surface area contributed by atoms with Crippen molar-refractivity contribution in [3.05, 3.63) is 164 Å². The summed E-state index contributed by atoms with van der Waals surface area (Å²) in [4.78, 5) is 25.4. The highest BCUT2D eigenvalue weighted by molar-refractivity contribution is 7.26. The van der Waals surface area contributed by atoms with Crippen LogP contribution in [0, 0.1) is 0 Å². The largest absolute Gasteiger partial charge is 0.228 e. The van der Waals surface area contributed by atoms with Gasteiger partial charge in [0.25, 0.3) is 0 Å². The molecule has 0 saturated heterocycles. The van der Waals surface area contributed by atoms with Gasteiger partial charge in [-0.3, -0.25) is 0 Å². The third-order valence-electron chi connectivity index (χ3n) is 9.32. The molecule has 0 amide bonds. The van der Waals surface area contributed by atoms with Gasteiger partial charge in [-0.2, -0.15) is 0 Å². The molecule has 0 spiro atoms. The smallest absolute Gasteiger partial charge is 0.164 e. The molecule has 10 aromatic rings. The molecule has 3 heterocycles. The number of hydrogen-bond donors (Lipinski definition) is 0. The first kappa shape index (κ1) is 29.3. The number of aromatic nitrogens is 5. The van der Waals surface area contributed by atoms with Gasteiger partial charge in [0.15, 0.2) is 23.3 Å². The van der Waals surface area contributed by atoms with Crippen LogP contribution in [0.2, 0.25) is 0 Å². The van der Waals surface area contributed by atoms with Crippen LogP contribution in [0.25, 0.3) is 98.7 Å². The van der Waals surface area contributed by atoms with Crippen molar-refractivity contribution >= 4 is 53.2 Å². The van der Waals surface area contributed by atoms with E-state index in [4.69, 9.17) is 24.9 Å². The summed E-state index contributed by atoms with van der Waals surface area (Å²) in [5.41, 5.74) is 6.70. The lowest BCUT2D eigenvalue weighted by molar-refractivity contribution is 1.08. The van der Waals surface area contributed by atoms with Crippen LogP contribution in [-0.4, -0.2) is 24.9 Å². The first-order valence-electron chi connectivity index (χ1n) is 16.8. The van der Waals surface area contributed by atoms with Gasteiger partial charge in [-0.25, -0.2) is 24.9 Å². The van der Waals surface area contributed by atoms with Gasteiger partial charge in [-0.15, -0.1) is 11.3 Å². The van der Waals surface area contributed by atoms with Crippen molar-refractivity contribution in [1.82, 2.24) is 24.9 Å². The van der Waals surface area contributed by atoms with E-state index in [2.05, 4.69) is 97.1 Å². The molecule has 5 nitrogen and oxygen atoms in total. The van der Waals surface area contributed by atoms with Gasteiger partial charge in [0, 0.05) is 53.4 Å². The van der Waals surface area contributed by atoms with E-state index in [9.17, 15) is 0 Å². The predicted molar refractivity (Wildman–Crippen MR) is 210 cm³/mol. The lowest BCUT2D eigenvalue weighted by Gasteiger charge is -2.11. The van der Waals surface area contributed by atoms with Crippen molar-refractivity contribution in [1.29, 1.82) is 0 Å². The van der Waals surface area contributed by atoms with E-state index < -0.39 is 0 Å². The molecule has 3 aromatic heterocycles. The number of benzene rings is 7. The quantitative estimate of drug-likeness (QED) is 0.182. The van der Waals surface area contributed by atoms with Crippen LogP contribution in [0.15, 0.2) is 164 Å². The molecule has 0 radical (unpaired) electrons. The van der Waals surface area contributed by atoms with Crippen molar-refractivity contribution in [3.8, 4) is 56.8 Å². The van der Waals surface area contributed by atoms with Crippen molar-refractivity contribution in [2.24, 2.45) is 0 Å². The van der Waals surface area contributed by atoms with Crippen LogP contribution in [0.1, 0.15) is 0 Å². The second-order valence-corrected chi connectivity index (χ2v) is 13.6. The number of thiophene rings is 1. The topological polar surface area (TPSA) is 64.5 Å². The standard InChI is InChI=1S/C45H27N5S/c1-3-13-29(14-4-1)42-48-43(30-15-5-2-6-16-30)50-45(49-42)35-19-11-21-39-40(35)36-27-33(24-25-38(36)51-39)44-46-37-20-10-9-18-34(37)41(47-44)32-23-22-28-12-7-8-17-31(28)26-32/h1-27H. The van der Waals surface area contributed by atoms with E-state index in [0.717, 1.165) is 55.2 Å². The van der Waals surface area contributed by atoms with Crippen LogP contribution in [0.3, 0.4) is 0 Å². The Bertz CT molecular complexity index is 2860. The summed E-state index contributed by atoms with van der Waals surface area (Å²) in [7, 11) is 0. The summed E-state index contributed by atoms with van der Waals surface area (Å²) in [5.74, 6) is 2.61. The fourth-order valence-electron chi connectivity index (χ4n) is 6.84. The molecule has 0 atom stereocenters. The molecule has 0 N–H and O–H groups in total. The maximum absolute atomic E-state index is 5.25. The number of nitrogens with zero attached hydrogens (tertiary/aromatic N) is 5. The summed E-state index contributed by atoms with van der Waals surface area (Å²) >= 11 is 1.77. The Labute approximate surface area is 297 Å². The Morgan fingerprint density at radius 3 is 1.78 bits per heavy atom. The molecule has 0 saturated carbocycles. The van der Waals surface area contributed by atoms with Gasteiger partial charge in [0.2, 0.25) is 0 Å². The maximum atomic E-state index is 5.25. The molecule has 0 aliphatic rings.